The van der Waals surface area contributed by atoms with Crippen LogP contribution in [0.1, 0.15) is 34.1 Å². The lowest BCUT2D eigenvalue weighted by Gasteiger charge is -2.39. The van der Waals surface area contributed by atoms with E-state index in [1.165, 1.54) is 23.5 Å². The summed E-state index contributed by atoms with van der Waals surface area (Å²) in [7, 11) is 0. The van der Waals surface area contributed by atoms with Gasteiger partial charge in [-0.05, 0) is 47.2 Å². The highest BCUT2D eigenvalue weighted by atomic mass is 32.2. The number of fused-ring (bicyclic) bond motifs is 6. The van der Waals surface area contributed by atoms with Gasteiger partial charge in [0.25, 0.3) is 5.70 Å². The van der Waals surface area contributed by atoms with Crippen molar-refractivity contribution in [1.82, 2.24) is 9.97 Å². The maximum atomic E-state index is 9.86. The Labute approximate surface area is 194 Å². The first-order valence-electron chi connectivity index (χ1n) is 9.84. The Morgan fingerprint density at radius 2 is 1.38 bits per heavy atom. The summed E-state index contributed by atoms with van der Waals surface area (Å²) in [5.41, 5.74) is 5.58. The third kappa shape index (κ3) is 2.78. The first-order valence-corrected chi connectivity index (χ1v) is 11.6. The topological polar surface area (TPSA) is 102 Å². The first-order chi connectivity index (χ1) is 15.5. The van der Waals surface area contributed by atoms with E-state index >= 15 is 0 Å². The summed E-state index contributed by atoms with van der Waals surface area (Å²) in [6, 6.07) is 10.4. The zero-order valence-electron chi connectivity index (χ0n) is 17.1. The van der Waals surface area contributed by atoms with E-state index in [4.69, 9.17) is 6.57 Å². The summed E-state index contributed by atoms with van der Waals surface area (Å²) in [5, 5.41) is 30.7. The Balaban J connectivity index is 1.87. The second kappa shape index (κ2) is 7.54. The second-order valence-corrected chi connectivity index (χ2v) is 10.2. The Hall–Kier alpha value is -3.56. The summed E-state index contributed by atoms with van der Waals surface area (Å²) in [5.74, 6) is -0.581. The largest absolute Gasteiger partial charge is 0.262 e. The van der Waals surface area contributed by atoms with Crippen molar-refractivity contribution in [2.24, 2.45) is 0 Å². The van der Waals surface area contributed by atoms with Crippen LogP contribution in [0.3, 0.4) is 0 Å². The molecule has 5 rings (SSSR count). The number of rotatable bonds is 0. The van der Waals surface area contributed by atoms with E-state index in [0.717, 1.165) is 43.5 Å². The van der Waals surface area contributed by atoms with Gasteiger partial charge in [-0.15, -0.1) is 0 Å². The molecule has 6 nitrogen and oxygen atoms in total. The van der Waals surface area contributed by atoms with Crippen molar-refractivity contribution in [2.45, 2.75) is 46.2 Å². The molecule has 4 atom stereocenters. The number of aryl methyl sites for hydroxylation is 2. The molecule has 0 radical (unpaired) electrons. The van der Waals surface area contributed by atoms with Gasteiger partial charge in [-0.1, -0.05) is 35.7 Å². The van der Waals surface area contributed by atoms with E-state index < -0.39 is 0 Å². The maximum Gasteiger partial charge on any atom is 0.262 e. The average Bonchev–Trinajstić information content (AvgIpc) is 3.34. The molecule has 3 aliphatic rings. The molecule has 2 aliphatic heterocycles. The Kier molecular flexibility index (Phi) is 4.79. The quantitative estimate of drug-likeness (QED) is 0.413. The molecule has 4 heterocycles. The van der Waals surface area contributed by atoms with Crippen LogP contribution in [0.4, 0.5) is 0 Å². The van der Waals surface area contributed by atoms with Crippen LogP contribution in [0.15, 0.2) is 57.0 Å². The molecule has 1 saturated carbocycles. The van der Waals surface area contributed by atoms with Gasteiger partial charge in [-0.2, -0.15) is 10.5 Å². The lowest BCUT2D eigenvalue weighted by molar-refractivity contribution is 0.614. The van der Waals surface area contributed by atoms with E-state index in [0.29, 0.717) is 0 Å². The van der Waals surface area contributed by atoms with Crippen LogP contribution < -0.4 is 0 Å². The van der Waals surface area contributed by atoms with Crippen LogP contribution in [0.25, 0.3) is 4.85 Å². The molecule has 0 aromatic carbocycles. The van der Waals surface area contributed by atoms with Gasteiger partial charge in [0, 0.05) is 34.7 Å². The monoisotopic (exact) mass is 450 g/mol. The smallest absolute Gasteiger partial charge is 0.249 e. The van der Waals surface area contributed by atoms with Crippen LogP contribution in [-0.4, -0.2) is 20.5 Å². The van der Waals surface area contributed by atoms with Crippen molar-refractivity contribution in [3.8, 4) is 18.2 Å². The van der Waals surface area contributed by atoms with Crippen molar-refractivity contribution >= 4 is 23.5 Å². The van der Waals surface area contributed by atoms with Crippen LogP contribution in [0, 0.1) is 54.4 Å². The fourth-order valence-corrected chi connectivity index (χ4v) is 7.88. The van der Waals surface area contributed by atoms with Gasteiger partial charge in [-0.25, -0.2) is 20.1 Å². The fraction of sp³-hybridized carbons (Fsp3) is 0.250. The first kappa shape index (κ1) is 20.3. The van der Waals surface area contributed by atoms with Crippen LogP contribution in [0.2, 0.25) is 0 Å². The van der Waals surface area contributed by atoms with Gasteiger partial charge in [0.1, 0.15) is 27.8 Å². The Morgan fingerprint density at radius 1 is 0.875 bits per heavy atom. The maximum absolute atomic E-state index is 9.86. The highest BCUT2D eigenvalue weighted by Crippen LogP contribution is 2.65. The molecular formula is C24H14N6S2. The van der Waals surface area contributed by atoms with Gasteiger partial charge in [0.2, 0.25) is 0 Å². The standard InChI is InChI=1S/C24H14N6S2/c1-11-4-14-18-17(13(6-25)7-26)21-19(15-5-12(2)10-30-24(15)31-21)20(16(8-27)28-3)22(18)32-23(14)29-9-11/h4-5,9-10,18-19,21-22H,1-2H3/b20-16+. The number of nitrogens with zero attached hydrogens (tertiary/aromatic N) is 6. The van der Waals surface area contributed by atoms with Gasteiger partial charge in [0.05, 0.1) is 12.6 Å². The minimum Gasteiger partial charge on any atom is -0.249 e. The predicted octanol–water partition coefficient (Wildman–Crippen LogP) is 4.96. The summed E-state index contributed by atoms with van der Waals surface area (Å²) in [6.45, 7) is 11.6. The van der Waals surface area contributed by atoms with Crippen LogP contribution in [-0.2, 0) is 0 Å². The molecule has 0 bridgehead atoms. The molecule has 1 aliphatic carbocycles. The summed E-state index contributed by atoms with van der Waals surface area (Å²) >= 11 is 3.04. The Morgan fingerprint density at radius 3 is 1.84 bits per heavy atom. The number of thioether (sulfide) groups is 2. The summed E-state index contributed by atoms with van der Waals surface area (Å²) in [6.07, 6.45) is 3.59. The lowest BCUT2D eigenvalue weighted by atomic mass is 9.68. The highest BCUT2D eigenvalue weighted by molar-refractivity contribution is 8.01. The molecule has 8 heteroatoms. The van der Waals surface area contributed by atoms with E-state index in [-0.39, 0.29) is 33.6 Å². The normalized spacial score (nSPS) is 25.8. The van der Waals surface area contributed by atoms with E-state index in [2.05, 4.69) is 33.0 Å². The van der Waals surface area contributed by atoms with Crippen molar-refractivity contribution in [3.63, 3.8) is 0 Å². The number of allylic oxidation sites excluding steroid dienone is 2. The fourth-order valence-electron chi connectivity index (χ4n) is 4.89. The molecule has 4 unspecified atom stereocenters. The molecule has 0 spiro atoms. The van der Waals surface area contributed by atoms with Gasteiger partial charge in [0.15, 0.2) is 0 Å². The number of nitriles is 3. The molecule has 0 amide bonds. The summed E-state index contributed by atoms with van der Waals surface area (Å²) < 4.78 is 0. The molecule has 1 fully saturated rings. The minimum atomic E-state index is -0.291. The number of aromatic nitrogens is 2. The third-order valence-electron chi connectivity index (χ3n) is 6.07. The lowest BCUT2D eigenvalue weighted by Crippen LogP contribution is -2.35. The third-order valence-corrected chi connectivity index (χ3v) is 8.76. The van der Waals surface area contributed by atoms with Crippen LogP contribution >= 0.6 is 23.5 Å². The number of hydrogen-bond acceptors (Lipinski definition) is 7. The summed E-state index contributed by atoms with van der Waals surface area (Å²) in [4.78, 5) is 12.8. The average molecular weight is 451 g/mol. The number of pyridine rings is 2. The van der Waals surface area contributed by atoms with Crippen LogP contribution in [0.5, 0.6) is 0 Å². The molecule has 32 heavy (non-hydrogen) atoms. The number of hydrogen-bond donors (Lipinski definition) is 0. The molecule has 2 aromatic heterocycles. The Bertz CT molecular complexity index is 1280. The zero-order chi connectivity index (χ0) is 22.6. The highest BCUT2D eigenvalue weighted by Gasteiger charge is 2.55. The SMILES string of the molecule is [C-]#[N+]/C(C#N)=C1/C2Sc3ncc(C)cc3C2C(=C(C#N)C#N)C2Sc3ncc(C)cc3C12. The van der Waals surface area contributed by atoms with Gasteiger partial charge in [-0.3, -0.25) is 0 Å². The van der Waals surface area contributed by atoms with Crippen molar-refractivity contribution < 1.29 is 0 Å². The molecule has 0 saturated heterocycles. The second-order valence-electron chi connectivity index (χ2n) is 7.93. The predicted molar refractivity (Wildman–Crippen MR) is 120 cm³/mol. The van der Waals surface area contributed by atoms with E-state index in [9.17, 15) is 15.8 Å². The molecule has 0 N–H and O–H groups in total. The molecule has 2 aromatic rings. The van der Waals surface area contributed by atoms with Gasteiger partial charge >= 0.3 is 0 Å². The van der Waals surface area contributed by atoms with Gasteiger partial charge < -0.3 is 0 Å². The van der Waals surface area contributed by atoms with E-state index in [1.807, 2.05) is 26.0 Å². The molecular weight excluding hydrogens is 436 g/mol. The molecule has 152 valence electrons. The van der Waals surface area contributed by atoms with Crippen molar-refractivity contribution in [2.75, 3.05) is 0 Å². The van der Waals surface area contributed by atoms with Crippen molar-refractivity contribution in [1.29, 1.82) is 15.8 Å². The van der Waals surface area contributed by atoms with Crippen molar-refractivity contribution in [3.05, 3.63) is 80.6 Å². The van der Waals surface area contributed by atoms with E-state index in [1.54, 1.807) is 12.4 Å². The minimum absolute atomic E-state index is 0.0801. The zero-order valence-corrected chi connectivity index (χ0v) is 18.8.